The van der Waals surface area contributed by atoms with Gasteiger partial charge >= 0.3 is 0 Å². The van der Waals surface area contributed by atoms with Gasteiger partial charge in [0, 0.05) is 35.0 Å². The highest BCUT2D eigenvalue weighted by Crippen LogP contribution is 2.32. The third-order valence-electron chi connectivity index (χ3n) is 2.86. The van der Waals surface area contributed by atoms with Crippen LogP contribution < -0.4 is 5.32 Å². The Hall–Kier alpha value is -1.07. The fourth-order valence-corrected chi connectivity index (χ4v) is 2.93. The standard InChI is InChI=1S/C16H17ClFNOS/c1-20-9-8-19-11-12-10-13(17)2-7-16(12)21-15-5-3-14(18)4-6-15/h2-7,10,19H,8-9,11H2,1H3. The van der Waals surface area contributed by atoms with Gasteiger partial charge in [-0.1, -0.05) is 23.4 Å². The Balaban J connectivity index is 2.08. The van der Waals surface area contributed by atoms with E-state index < -0.39 is 0 Å². The molecule has 2 nitrogen and oxygen atoms in total. The molecule has 0 saturated heterocycles. The summed E-state index contributed by atoms with van der Waals surface area (Å²) in [6, 6.07) is 12.3. The van der Waals surface area contributed by atoms with Crippen LogP contribution in [0.4, 0.5) is 4.39 Å². The Morgan fingerprint density at radius 1 is 1.19 bits per heavy atom. The van der Waals surface area contributed by atoms with E-state index >= 15 is 0 Å². The molecule has 0 bridgehead atoms. The number of nitrogens with one attached hydrogen (secondary N) is 1. The average molecular weight is 326 g/mol. The molecule has 0 aromatic heterocycles. The van der Waals surface area contributed by atoms with Gasteiger partial charge in [0.25, 0.3) is 0 Å². The second-order valence-electron chi connectivity index (χ2n) is 4.48. The second-order valence-corrected chi connectivity index (χ2v) is 6.03. The number of hydrogen-bond acceptors (Lipinski definition) is 3. The van der Waals surface area contributed by atoms with Crippen molar-refractivity contribution in [3.05, 3.63) is 58.9 Å². The van der Waals surface area contributed by atoms with Crippen molar-refractivity contribution in [3.8, 4) is 0 Å². The van der Waals surface area contributed by atoms with Gasteiger partial charge in [0.1, 0.15) is 5.82 Å². The van der Waals surface area contributed by atoms with Crippen LogP contribution in [0.15, 0.2) is 52.3 Å². The lowest BCUT2D eigenvalue weighted by atomic mass is 10.2. The third kappa shape index (κ3) is 5.32. The van der Waals surface area contributed by atoms with Crippen molar-refractivity contribution in [3.63, 3.8) is 0 Å². The second kappa shape index (κ2) is 8.39. The summed E-state index contributed by atoms with van der Waals surface area (Å²) in [5, 5.41) is 4.02. The Kier molecular flexibility index (Phi) is 6.51. The monoisotopic (exact) mass is 325 g/mol. The highest BCUT2D eigenvalue weighted by atomic mass is 35.5. The lowest BCUT2D eigenvalue weighted by molar-refractivity contribution is 0.199. The van der Waals surface area contributed by atoms with Crippen LogP contribution in [0.3, 0.4) is 0 Å². The van der Waals surface area contributed by atoms with E-state index in [-0.39, 0.29) is 5.82 Å². The van der Waals surface area contributed by atoms with E-state index in [1.54, 1.807) is 31.0 Å². The Morgan fingerprint density at radius 2 is 1.95 bits per heavy atom. The average Bonchev–Trinajstić information content (AvgIpc) is 2.48. The first-order valence-corrected chi connectivity index (χ1v) is 7.80. The zero-order chi connectivity index (χ0) is 15.1. The molecule has 0 fully saturated rings. The largest absolute Gasteiger partial charge is 0.383 e. The summed E-state index contributed by atoms with van der Waals surface area (Å²) >= 11 is 7.67. The minimum atomic E-state index is -0.225. The SMILES string of the molecule is COCCNCc1cc(Cl)ccc1Sc1ccc(F)cc1. The van der Waals surface area contributed by atoms with Gasteiger partial charge in [-0.15, -0.1) is 0 Å². The molecule has 21 heavy (non-hydrogen) atoms. The molecule has 0 radical (unpaired) electrons. The first-order valence-electron chi connectivity index (χ1n) is 6.60. The predicted molar refractivity (Wildman–Crippen MR) is 85.6 cm³/mol. The predicted octanol–water partition coefficient (Wildman–Crippen LogP) is 4.37. The zero-order valence-electron chi connectivity index (χ0n) is 11.7. The van der Waals surface area contributed by atoms with Crippen molar-refractivity contribution in [2.24, 2.45) is 0 Å². The number of rotatable bonds is 7. The molecule has 0 unspecified atom stereocenters. The van der Waals surface area contributed by atoms with Gasteiger partial charge in [-0.2, -0.15) is 0 Å². The summed E-state index contributed by atoms with van der Waals surface area (Å²) in [4.78, 5) is 2.10. The maximum absolute atomic E-state index is 12.9. The van der Waals surface area contributed by atoms with E-state index in [1.807, 2.05) is 18.2 Å². The van der Waals surface area contributed by atoms with E-state index in [0.717, 1.165) is 21.9 Å². The molecule has 112 valence electrons. The van der Waals surface area contributed by atoms with E-state index in [2.05, 4.69) is 5.32 Å². The first kappa shape index (κ1) is 16.3. The van der Waals surface area contributed by atoms with Crippen LogP contribution in [0.2, 0.25) is 5.02 Å². The summed E-state index contributed by atoms with van der Waals surface area (Å²) in [6.07, 6.45) is 0. The smallest absolute Gasteiger partial charge is 0.123 e. The van der Waals surface area contributed by atoms with Crippen molar-refractivity contribution in [1.82, 2.24) is 5.32 Å². The van der Waals surface area contributed by atoms with Gasteiger partial charge in [0.15, 0.2) is 0 Å². The molecule has 5 heteroatoms. The maximum Gasteiger partial charge on any atom is 0.123 e. The molecule has 2 aromatic carbocycles. The molecule has 0 heterocycles. The molecule has 0 saturated carbocycles. The quantitative estimate of drug-likeness (QED) is 0.764. The van der Waals surface area contributed by atoms with Gasteiger partial charge in [-0.25, -0.2) is 4.39 Å². The highest BCUT2D eigenvalue weighted by molar-refractivity contribution is 7.99. The van der Waals surface area contributed by atoms with Gasteiger partial charge in [0.05, 0.1) is 6.61 Å². The molecule has 0 spiro atoms. The topological polar surface area (TPSA) is 21.3 Å². The molecule has 2 aromatic rings. The number of methoxy groups -OCH3 is 1. The van der Waals surface area contributed by atoms with Gasteiger partial charge < -0.3 is 10.1 Å². The van der Waals surface area contributed by atoms with Crippen molar-refractivity contribution >= 4 is 23.4 Å². The molecular weight excluding hydrogens is 309 g/mol. The van der Waals surface area contributed by atoms with Gasteiger partial charge in [0.2, 0.25) is 0 Å². The van der Waals surface area contributed by atoms with Crippen molar-refractivity contribution in [2.45, 2.75) is 16.3 Å². The Morgan fingerprint density at radius 3 is 2.67 bits per heavy atom. The summed E-state index contributed by atoms with van der Waals surface area (Å²) in [7, 11) is 1.68. The van der Waals surface area contributed by atoms with Crippen LogP contribution in [0.1, 0.15) is 5.56 Å². The van der Waals surface area contributed by atoms with Crippen LogP contribution in [-0.4, -0.2) is 20.3 Å². The summed E-state index contributed by atoms with van der Waals surface area (Å²) in [5.74, 6) is -0.225. The first-order chi connectivity index (χ1) is 10.2. The molecular formula is C16H17ClFNOS. The van der Waals surface area contributed by atoms with Crippen molar-refractivity contribution in [2.75, 3.05) is 20.3 Å². The number of benzene rings is 2. The fourth-order valence-electron chi connectivity index (χ4n) is 1.81. The van der Waals surface area contributed by atoms with Crippen LogP contribution in [0.25, 0.3) is 0 Å². The highest BCUT2D eigenvalue weighted by Gasteiger charge is 2.06. The minimum absolute atomic E-state index is 0.225. The molecule has 0 aliphatic carbocycles. The zero-order valence-corrected chi connectivity index (χ0v) is 13.3. The minimum Gasteiger partial charge on any atom is -0.383 e. The molecule has 0 aliphatic heterocycles. The van der Waals surface area contributed by atoms with E-state index in [9.17, 15) is 4.39 Å². The fraction of sp³-hybridized carbons (Fsp3) is 0.250. The van der Waals surface area contributed by atoms with E-state index in [4.69, 9.17) is 16.3 Å². The molecule has 1 N–H and O–H groups in total. The van der Waals surface area contributed by atoms with Gasteiger partial charge in [-0.05, 0) is 48.0 Å². The molecule has 0 aliphatic rings. The molecule has 2 rings (SSSR count). The van der Waals surface area contributed by atoms with Crippen LogP contribution in [-0.2, 0) is 11.3 Å². The van der Waals surface area contributed by atoms with Gasteiger partial charge in [-0.3, -0.25) is 0 Å². The van der Waals surface area contributed by atoms with Crippen molar-refractivity contribution < 1.29 is 9.13 Å². The van der Waals surface area contributed by atoms with E-state index in [1.165, 1.54) is 12.1 Å². The maximum atomic E-state index is 12.9. The van der Waals surface area contributed by atoms with Crippen LogP contribution >= 0.6 is 23.4 Å². The molecule has 0 amide bonds. The van der Waals surface area contributed by atoms with Crippen LogP contribution in [0.5, 0.6) is 0 Å². The number of halogens is 2. The summed E-state index contributed by atoms with van der Waals surface area (Å²) in [6.45, 7) is 2.16. The lowest BCUT2D eigenvalue weighted by Gasteiger charge is -2.11. The number of ether oxygens (including phenoxy) is 1. The summed E-state index contributed by atoms with van der Waals surface area (Å²) in [5.41, 5.74) is 1.12. The van der Waals surface area contributed by atoms with Crippen molar-refractivity contribution in [1.29, 1.82) is 0 Å². The van der Waals surface area contributed by atoms with E-state index in [0.29, 0.717) is 18.2 Å². The normalized spacial score (nSPS) is 10.8. The third-order valence-corrected chi connectivity index (χ3v) is 4.22. The molecule has 0 atom stereocenters. The Bertz CT molecular complexity index is 577. The number of hydrogen-bond donors (Lipinski definition) is 1. The Labute approximate surface area is 133 Å². The lowest BCUT2D eigenvalue weighted by Crippen LogP contribution is -2.18. The summed E-state index contributed by atoms with van der Waals surface area (Å²) < 4.78 is 18.0. The van der Waals surface area contributed by atoms with Crippen LogP contribution in [0, 0.1) is 5.82 Å².